The predicted octanol–water partition coefficient (Wildman–Crippen LogP) is 4.46. The Morgan fingerprint density at radius 1 is 1.19 bits per heavy atom. The second-order valence-corrected chi connectivity index (χ2v) is 10.6. The molecule has 2 N–H and O–H groups in total. The van der Waals surface area contributed by atoms with Crippen LogP contribution in [-0.4, -0.2) is 73.0 Å². The molecule has 1 aliphatic carbocycles. The minimum Gasteiger partial charge on any atom is -0.381 e. The first-order valence-electron chi connectivity index (χ1n) is 13.5. The average Bonchev–Trinajstić information content (AvgIpc) is 3.44. The highest BCUT2D eigenvalue weighted by atomic mass is 19.1. The third-order valence-electron chi connectivity index (χ3n) is 8.25. The van der Waals surface area contributed by atoms with Gasteiger partial charge in [-0.2, -0.15) is 5.26 Å². The molecule has 5 rings (SSSR count). The Hall–Kier alpha value is -2.80. The number of methoxy groups -OCH3 is 1. The minimum atomic E-state index is -0.464. The van der Waals surface area contributed by atoms with E-state index in [4.69, 9.17) is 9.47 Å². The van der Waals surface area contributed by atoms with Crippen LogP contribution in [0.25, 0.3) is 11.3 Å². The number of ether oxygens (including phenoxy) is 2. The summed E-state index contributed by atoms with van der Waals surface area (Å²) in [4.78, 5) is 11.5. The van der Waals surface area contributed by atoms with E-state index in [1.807, 2.05) is 12.1 Å². The summed E-state index contributed by atoms with van der Waals surface area (Å²) in [6.45, 7) is 3.83. The second kappa shape index (κ2) is 11.7. The first-order valence-corrected chi connectivity index (χ1v) is 13.5. The molecule has 2 aromatic heterocycles. The Kier molecular flexibility index (Phi) is 8.18. The Morgan fingerprint density at radius 2 is 2.00 bits per heavy atom. The Labute approximate surface area is 218 Å². The minimum absolute atomic E-state index is 0.325. The van der Waals surface area contributed by atoms with E-state index in [2.05, 4.69) is 31.6 Å². The highest BCUT2D eigenvalue weighted by Gasteiger charge is 2.33. The zero-order chi connectivity index (χ0) is 25.7. The standard InChI is InChI=1S/C28H37FN6O2/c1-36-22-9-12-35(17-22)21-7-5-20(6-8-21)33-27-15-23(24(29)16-31-27)25-3-2-4-26(34-25)32-19-28(18-30)10-13-37-14-11-28/h2-4,15-16,20-22H,5-14,17,19H2,1H3,(H,31,33)(H,32,34)/t20?,21?,22-/m0/s1. The van der Waals surface area contributed by atoms with E-state index >= 15 is 0 Å². The number of hydrogen-bond acceptors (Lipinski definition) is 8. The lowest BCUT2D eigenvalue weighted by atomic mass is 9.82. The van der Waals surface area contributed by atoms with Gasteiger partial charge in [0.05, 0.1) is 29.5 Å². The number of anilines is 2. The molecule has 3 aliphatic rings. The van der Waals surface area contributed by atoms with Gasteiger partial charge in [-0.3, -0.25) is 4.90 Å². The molecule has 9 heteroatoms. The van der Waals surface area contributed by atoms with Gasteiger partial charge in [0.15, 0.2) is 5.82 Å². The van der Waals surface area contributed by atoms with Crippen LogP contribution in [0.4, 0.5) is 16.0 Å². The number of nitriles is 1. The fraction of sp³-hybridized carbons (Fsp3) is 0.607. The molecule has 1 saturated carbocycles. The van der Waals surface area contributed by atoms with E-state index < -0.39 is 11.2 Å². The van der Waals surface area contributed by atoms with E-state index in [0.29, 0.717) is 73.7 Å². The number of rotatable bonds is 8. The third kappa shape index (κ3) is 6.20. The number of aromatic nitrogens is 2. The molecule has 0 amide bonds. The van der Waals surface area contributed by atoms with Gasteiger partial charge in [0.1, 0.15) is 11.6 Å². The van der Waals surface area contributed by atoms with Gasteiger partial charge < -0.3 is 20.1 Å². The third-order valence-corrected chi connectivity index (χ3v) is 8.25. The quantitative estimate of drug-likeness (QED) is 0.540. The van der Waals surface area contributed by atoms with Crippen molar-refractivity contribution in [3.05, 3.63) is 36.3 Å². The normalized spacial score (nSPS) is 25.9. The molecule has 3 fully saturated rings. The van der Waals surface area contributed by atoms with Gasteiger partial charge >= 0.3 is 0 Å². The topological polar surface area (TPSA) is 95.3 Å². The van der Waals surface area contributed by atoms with Crippen molar-refractivity contribution in [3.63, 3.8) is 0 Å². The van der Waals surface area contributed by atoms with E-state index in [1.165, 1.54) is 6.20 Å². The molecule has 8 nitrogen and oxygen atoms in total. The Morgan fingerprint density at radius 3 is 2.73 bits per heavy atom. The van der Waals surface area contributed by atoms with E-state index in [1.54, 1.807) is 19.2 Å². The summed E-state index contributed by atoms with van der Waals surface area (Å²) >= 11 is 0. The smallest absolute Gasteiger partial charge is 0.151 e. The van der Waals surface area contributed by atoms with Crippen LogP contribution < -0.4 is 10.6 Å². The van der Waals surface area contributed by atoms with E-state index in [9.17, 15) is 9.65 Å². The molecule has 0 unspecified atom stereocenters. The molecule has 0 aromatic carbocycles. The summed E-state index contributed by atoms with van der Waals surface area (Å²) in [7, 11) is 1.80. The van der Waals surface area contributed by atoms with Gasteiger partial charge in [-0.15, -0.1) is 0 Å². The lowest BCUT2D eigenvalue weighted by Gasteiger charge is -2.35. The Balaban J connectivity index is 1.20. The first-order chi connectivity index (χ1) is 18.1. The summed E-state index contributed by atoms with van der Waals surface area (Å²) in [6, 6.07) is 10.7. The molecule has 2 aliphatic heterocycles. The molecule has 1 atom stereocenters. The Bertz CT molecular complexity index is 1090. The first kappa shape index (κ1) is 25.8. The van der Waals surface area contributed by atoms with Crippen LogP contribution >= 0.6 is 0 Å². The van der Waals surface area contributed by atoms with Crippen molar-refractivity contribution in [2.45, 2.75) is 63.1 Å². The molecule has 2 aromatic rings. The zero-order valence-corrected chi connectivity index (χ0v) is 21.6. The van der Waals surface area contributed by atoms with Crippen molar-refractivity contribution in [1.29, 1.82) is 5.26 Å². The van der Waals surface area contributed by atoms with Crippen molar-refractivity contribution in [1.82, 2.24) is 14.9 Å². The maximum Gasteiger partial charge on any atom is 0.151 e. The maximum atomic E-state index is 14.8. The molecular formula is C28H37FN6O2. The number of likely N-dealkylation sites (tertiary alicyclic amines) is 1. The van der Waals surface area contributed by atoms with Crippen molar-refractivity contribution >= 4 is 11.6 Å². The van der Waals surface area contributed by atoms with Gasteiger partial charge in [0.25, 0.3) is 0 Å². The molecule has 37 heavy (non-hydrogen) atoms. The maximum absolute atomic E-state index is 14.8. The fourth-order valence-corrected chi connectivity index (χ4v) is 5.82. The number of hydrogen-bond donors (Lipinski definition) is 2. The van der Waals surface area contributed by atoms with Crippen molar-refractivity contribution in [3.8, 4) is 17.3 Å². The zero-order valence-electron chi connectivity index (χ0n) is 21.6. The van der Waals surface area contributed by atoms with Crippen molar-refractivity contribution < 1.29 is 13.9 Å². The summed E-state index contributed by atoms with van der Waals surface area (Å²) in [5.74, 6) is 0.894. The van der Waals surface area contributed by atoms with Crippen LogP contribution in [0.3, 0.4) is 0 Å². The van der Waals surface area contributed by atoms with Crippen LogP contribution in [0.5, 0.6) is 0 Å². The fourth-order valence-electron chi connectivity index (χ4n) is 5.82. The van der Waals surface area contributed by atoms with Crippen LogP contribution in [0.15, 0.2) is 30.5 Å². The average molecular weight is 509 g/mol. The van der Waals surface area contributed by atoms with Crippen molar-refractivity contribution in [2.24, 2.45) is 5.41 Å². The largest absolute Gasteiger partial charge is 0.381 e. The summed E-state index contributed by atoms with van der Waals surface area (Å²) in [5, 5.41) is 16.5. The molecular weight excluding hydrogens is 471 g/mol. The molecule has 0 radical (unpaired) electrons. The van der Waals surface area contributed by atoms with Crippen LogP contribution in [-0.2, 0) is 9.47 Å². The van der Waals surface area contributed by atoms with E-state index in [0.717, 1.165) is 45.2 Å². The molecule has 198 valence electrons. The molecule has 2 saturated heterocycles. The molecule has 0 spiro atoms. The highest BCUT2D eigenvalue weighted by molar-refractivity contribution is 5.65. The van der Waals surface area contributed by atoms with Gasteiger partial charge in [-0.05, 0) is 63.1 Å². The molecule has 0 bridgehead atoms. The van der Waals surface area contributed by atoms with Crippen LogP contribution in [0.2, 0.25) is 0 Å². The van der Waals surface area contributed by atoms with Crippen molar-refractivity contribution in [2.75, 3.05) is 50.6 Å². The lowest BCUT2D eigenvalue weighted by molar-refractivity contribution is 0.0455. The van der Waals surface area contributed by atoms with Gasteiger partial charge in [-0.1, -0.05) is 6.07 Å². The van der Waals surface area contributed by atoms with Gasteiger partial charge in [0, 0.05) is 57.6 Å². The predicted molar refractivity (Wildman–Crippen MR) is 141 cm³/mol. The van der Waals surface area contributed by atoms with E-state index in [-0.39, 0.29) is 0 Å². The lowest BCUT2D eigenvalue weighted by Crippen LogP contribution is -2.39. The summed E-state index contributed by atoms with van der Waals surface area (Å²) in [5.41, 5.74) is 0.490. The number of halogens is 1. The van der Waals surface area contributed by atoms with Crippen LogP contribution in [0, 0.1) is 22.6 Å². The van der Waals surface area contributed by atoms with Crippen LogP contribution in [0.1, 0.15) is 44.9 Å². The summed E-state index contributed by atoms with van der Waals surface area (Å²) < 4.78 is 25.8. The SMILES string of the molecule is CO[C@H]1CCN(C2CCC(Nc3cc(-c4cccc(NCC5(C#N)CCOCC5)n4)c(F)cn3)CC2)C1. The van der Waals surface area contributed by atoms with Gasteiger partial charge in [0.2, 0.25) is 0 Å². The molecule has 4 heterocycles. The number of nitrogens with one attached hydrogen (secondary N) is 2. The monoisotopic (exact) mass is 508 g/mol. The highest BCUT2D eigenvalue weighted by Crippen LogP contribution is 2.32. The number of nitrogens with zero attached hydrogens (tertiary/aromatic N) is 4. The van der Waals surface area contributed by atoms with Gasteiger partial charge in [-0.25, -0.2) is 14.4 Å². The summed E-state index contributed by atoms with van der Waals surface area (Å²) in [6.07, 6.45) is 8.57. The second-order valence-electron chi connectivity index (χ2n) is 10.6. The number of pyridine rings is 2.